The zero-order valence-corrected chi connectivity index (χ0v) is 15.0. The predicted octanol–water partition coefficient (Wildman–Crippen LogP) is 2.90. The Morgan fingerprint density at radius 2 is 1.67 bits per heavy atom. The standard InChI is InChI=1S/C22H23N3O2/c23-21-13-18-9-5-4-8-17(18)12-20(21)22(27)24-14-19(25-15-26)11-10-16-6-2-1-3-7-16/h1-9,12-13,15,19H,10-11,14,23H2,(H,24,27)(H,25,26)/t19-/m0/s1. The summed E-state index contributed by atoms with van der Waals surface area (Å²) in [5.41, 5.74) is 8.14. The van der Waals surface area contributed by atoms with E-state index < -0.39 is 0 Å². The van der Waals surface area contributed by atoms with Crippen LogP contribution in [0.3, 0.4) is 0 Å². The molecule has 27 heavy (non-hydrogen) atoms. The van der Waals surface area contributed by atoms with Crippen LogP contribution in [0.15, 0.2) is 66.7 Å². The normalized spacial score (nSPS) is 11.7. The third-order valence-corrected chi connectivity index (χ3v) is 4.60. The van der Waals surface area contributed by atoms with Crippen molar-refractivity contribution >= 4 is 28.8 Å². The quantitative estimate of drug-likeness (QED) is 0.426. The van der Waals surface area contributed by atoms with Gasteiger partial charge in [0, 0.05) is 18.3 Å². The van der Waals surface area contributed by atoms with E-state index >= 15 is 0 Å². The van der Waals surface area contributed by atoms with Gasteiger partial charge in [-0.3, -0.25) is 9.59 Å². The monoisotopic (exact) mass is 361 g/mol. The molecule has 5 heteroatoms. The number of hydrogen-bond acceptors (Lipinski definition) is 3. The number of nitrogen functional groups attached to an aromatic ring is 1. The van der Waals surface area contributed by atoms with Crippen LogP contribution in [-0.2, 0) is 11.2 Å². The maximum Gasteiger partial charge on any atom is 0.253 e. The zero-order chi connectivity index (χ0) is 19.1. The highest BCUT2D eigenvalue weighted by Crippen LogP contribution is 2.21. The molecule has 3 rings (SSSR count). The molecular weight excluding hydrogens is 338 g/mol. The molecule has 0 bridgehead atoms. The van der Waals surface area contributed by atoms with E-state index in [0.29, 0.717) is 24.2 Å². The van der Waals surface area contributed by atoms with Crippen molar-refractivity contribution in [2.75, 3.05) is 12.3 Å². The fraction of sp³-hybridized carbons (Fsp3) is 0.182. The van der Waals surface area contributed by atoms with Crippen molar-refractivity contribution in [2.24, 2.45) is 0 Å². The molecule has 3 aromatic rings. The lowest BCUT2D eigenvalue weighted by Crippen LogP contribution is -2.40. The first-order chi connectivity index (χ1) is 13.2. The van der Waals surface area contributed by atoms with Crippen LogP contribution >= 0.6 is 0 Å². The van der Waals surface area contributed by atoms with Gasteiger partial charge in [-0.15, -0.1) is 0 Å². The van der Waals surface area contributed by atoms with Gasteiger partial charge in [0.05, 0.1) is 5.56 Å². The lowest BCUT2D eigenvalue weighted by atomic mass is 10.0. The smallest absolute Gasteiger partial charge is 0.253 e. The highest BCUT2D eigenvalue weighted by molar-refractivity contribution is 6.03. The van der Waals surface area contributed by atoms with Crippen molar-refractivity contribution in [1.82, 2.24) is 10.6 Å². The Morgan fingerprint density at radius 3 is 2.37 bits per heavy atom. The molecule has 5 nitrogen and oxygen atoms in total. The van der Waals surface area contributed by atoms with Crippen LogP contribution in [0.5, 0.6) is 0 Å². The SMILES string of the molecule is Nc1cc2ccccc2cc1C(=O)NC[C@H](CCc1ccccc1)NC=O. The van der Waals surface area contributed by atoms with Gasteiger partial charge in [0.2, 0.25) is 6.41 Å². The molecule has 0 saturated heterocycles. The van der Waals surface area contributed by atoms with Crippen LogP contribution in [0.2, 0.25) is 0 Å². The average molecular weight is 361 g/mol. The van der Waals surface area contributed by atoms with Crippen LogP contribution in [-0.4, -0.2) is 24.9 Å². The predicted molar refractivity (Wildman–Crippen MR) is 108 cm³/mol. The van der Waals surface area contributed by atoms with E-state index in [0.717, 1.165) is 23.6 Å². The molecule has 0 fully saturated rings. The number of fused-ring (bicyclic) bond motifs is 1. The molecule has 0 unspecified atom stereocenters. The second-order valence-corrected chi connectivity index (χ2v) is 6.50. The van der Waals surface area contributed by atoms with Gasteiger partial charge in [0.25, 0.3) is 5.91 Å². The summed E-state index contributed by atoms with van der Waals surface area (Å²) in [5, 5.41) is 7.62. The van der Waals surface area contributed by atoms with Crippen molar-refractivity contribution < 1.29 is 9.59 Å². The number of amides is 2. The van der Waals surface area contributed by atoms with Gasteiger partial charge in [-0.1, -0.05) is 54.6 Å². The fourth-order valence-electron chi connectivity index (χ4n) is 3.09. The van der Waals surface area contributed by atoms with Crippen molar-refractivity contribution in [3.8, 4) is 0 Å². The Balaban J connectivity index is 1.63. The van der Waals surface area contributed by atoms with E-state index in [1.807, 2.05) is 54.6 Å². The first-order valence-electron chi connectivity index (χ1n) is 8.97. The Bertz CT molecular complexity index is 925. The Hall–Kier alpha value is -3.34. The van der Waals surface area contributed by atoms with E-state index in [1.165, 1.54) is 5.56 Å². The summed E-state index contributed by atoms with van der Waals surface area (Å²) in [7, 11) is 0. The number of hydrogen-bond donors (Lipinski definition) is 3. The second-order valence-electron chi connectivity index (χ2n) is 6.50. The van der Waals surface area contributed by atoms with Gasteiger partial charge >= 0.3 is 0 Å². The van der Waals surface area contributed by atoms with Crippen LogP contribution in [0.1, 0.15) is 22.3 Å². The number of nitrogens with two attached hydrogens (primary N) is 1. The van der Waals surface area contributed by atoms with E-state index in [4.69, 9.17) is 5.73 Å². The minimum absolute atomic E-state index is 0.145. The van der Waals surface area contributed by atoms with Gasteiger partial charge in [-0.2, -0.15) is 0 Å². The number of benzene rings is 3. The maximum atomic E-state index is 12.6. The largest absolute Gasteiger partial charge is 0.398 e. The van der Waals surface area contributed by atoms with E-state index in [-0.39, 0.29) is 11.9 Å². The van der Waals surface area contributed by atoms with Crippen molar-refractivity contribution in [1.29, 1.82) is 0 Å². The highest BCUT2D eigenvalue weighted by atomic mass is 16.1. The van der Waals surface area contributed by atoms with Crippen LogP contribution < -0.4 is 16.4 Å². The fourth-order valence-corrected chi connectivity index (χ4v) is 3.09. The second kappa shape index (κ2) is 8.85. The first kappa shape index (κ1) is 18.5. The number of aryl methyl sites for hydroxylation is 1. The molecule has 0 aromatic heterocycles. The van der Waals surface area contributed by atoms with Crippen LogP contribution in [0, 0.1) is 0 Å². The van der Waals surface area contributed by atoms with E-state index in [9.17, 15) is 9.59 Å². The lowest BCUT2D eigenvalue weighted by molar-refractivity contribution is -0.110. The number of carbonyl (C=O) groups is 2. The molecule has 0 radical (unpaired) electrons. The molecule has 0 heterocycles. The van der Waals surface area contributed by atoms with Crippen molar-refractivity contribution in [3.63, 3.8) is 0 Å². The molecule has 0 aliphatic carbocycles. The minimum atomic E-state index is -0.240. The number of anilines is 1. The molecule has 1 atom stereocenters. The summed E-state index contributed by atoms with van der Waals surface area (Å²) in [4.78, 5) is 23.5. The van der Waals surface area contributed by atoms with Crippen LogP contribution in [0.25, 0.3) is 10.8 Å². The lowest BCUT2D eigenvalue weighted by Gasteiger charge is -2.17. The van der Waals surface area contributed by atoms with Crippen LogP contribution in [0.4, 0.5) is 5.69 Å². The maximum absolute atomic E-state index is 12.6. The Labute approximate surface area is 158 Å². The van der Waals surface area contributed by atoms with Gasteiger partial charge < -0.3 is 16.4 Å². The number of nitrogens with one attached hydrogen (secondary N) is 2. The third kappa shape index (κ3) is 4.85. The number of rotatable bonds is 8. The molecule has 138 valence electrons. The summed E-state index contributed by atoms with van der Waals surface area (Å²) in [6.45, 7) is 0.344. The van der Waals surface area contributed by atoms with Gasteiger partial charge in [-0.25, -0.2) is 0 Å². The molecule has 0 spiro atoms. The number of carbonyl (C=O) groups excluding carboxylic acids is 2. The summed E-state index contributed by atoms with van der Waals surface area (Å²) in [6, 6.07) is 21.3. The molecule has 0 saturated carbocycles. The minimum Gasteiger partial charge on any atom is -0.398 e. The first-order valence-corrected chi connectivity index (χ1v) is 8.97. The molecular formula is C22H23N3O2. The van der Waals surface area contributed by atoms with Crippen molar-refractivity contribution in [3.05, 3.63) is 77.9 Å². The zero-order valence-electron chi connectivity index (χ0n) is 15.0. The van der Waals surface area contributed by atoms with E-state index in [2.05, 4.69) is 10.6 Å². The Kier molecular flexibility index (Phi) is 6.05. The molecule has 4 N–H and O–H groups in total. The average Bonchev–Trinajstić information content (AvgIpc) is 2.70. The van der Waals surface area contributed by atoms with Gasteiger partial charge in [0.1, 0.15) is 0 Å². The molecule has 0 aliphatic heterocycles. The van der Waals surface area contributed by atoms with Gasteiger partial charge in [0.15, 0.2) is 0 Å². The van der Waals surface area contributed by atoms with Crippen molar-refractivity contribution in [2.45, 2.75) is 18.9 Å². The summed E-state index contributed by atoms with van der Waals surface area (Å²) < 4.78 is 0. The third-order valence-electron chi connectivity index (χ3n) is 4.60. The topological polar surface area (TPSA) is 84.2 Å². The molecule has 2 amide bonds. The summed E-state index contributed by atoms with van der Waals surface area (Å²) in [6.07, 6.45) is 2.22. The Morgan fingerprint density at radius 1 is 1.00 bits per heavy atom. The molecule has 0 aliphatic rings. The van der Waals surface area contributed by atoms with E-state index in [1.54, 1.807) is 12.1 Å². The highest BCUT2D eigenvalue weighted by Gasteiger charge is 2.14. The molecule has 3 aromatic carbocycles. The van der Waals surface area contributed by atoms with Gasteiger partial charge in [-0.05, 0) is 41.3 Å². The summed E-state index contributed by atoms with van der Waals surface area (Å²) in [5.74, 6) is -0.240. The summed E-state index contributed by atoms with van der Waals surface area (Å²) >= 11 is 0.